The van der Waals surface area contributed by atoms with Crippen LogP contribution in [0, 0.1) is 0 Å². The number of imide groups is 1. The van der Waals surface area contributed by atoms with Crippen molar-refractivity contribution in [2.75, 3.05) is 26.2 Å². The fourth-order valence-electron chi connectivity index (χ4n) is 5.96. The third-order valence-electron chi connectivity index (χ3n) is 7.75. The molecule has 0 aromatic heterocycles. The molecule has 0 radical (unpaired) electrons. The van der Waals surface area contributed by atoms with Crippen LogP contribution in [0.1, 0.15) is 61.7 Å². The quantitative estimate of drug-likeness (QED) is 0.757. The van der Waals surface area contributed by atoms with Crippen LogP contribution in [0.4, 0.5) is 4.79 Å². The summed E-state index contributed by atoms with van der Waals surface area (Å²) in [6.07, 6.45) is 7.93. The second kappa shape index (κ2) is 8.26. The maximum Gasteiger partial charge on any atom is 0.325 e. The average Bonchev–Trinajstić information content (AvgIpc) is 3.42. The van der Waals surface area contributed by atoms with Gasteiger partial charge in [0.05, 0.1) is 6.04 Å². The first kappa shape index (κ1) is 20.5. The molecular weight excluding hydrogens is 392 g/mol. The molecule has 1 aliphatic carbocycles. The molecule has 7 nitrogen and oxygen atoms in total. The van der Waals surface area contributed by atoms with E-state index in [-0.39, 0.29) is 23.9 Å². The number of nitrogens with one attached hydrogen (secondary N) is 1. The fraction of sp³-hybridized carbons (Fsp3) is 0.625. The number of hydrogen-bond acceptors (Lipinski definition) is 4. The number of likely N-dealkylation sites (tertiary alicyclic amines) is 2. The summed E-state index contributed by atoms with van der Waals surface area (Å²) in [7, 11) is 0. The smallest absolute Gasteiger partial charge is 0.325 e. The Kier molecular flexibility index (Phi) is 5.46. The summed E-state index contributed by atoms with van der Waals surface area (Å²) in [4.78, 5) is 45.0. The molecule has 0 bridgehead atoms. The maximum atomic E-state index is 13.5. The number of carbonyl (C=O) groups is 3. The molecular formula is C24H32N4O3. The van der Waals surface area contributed by atoms with Crippen molar-refractivity contribution in [1.82, 2.24) is 20.0 Å². The second-order valence-corrected chi connectivity index (χ2v) is 9.57. The zero-order valence-electron chi connectivity index (χ0n) is 18.1. The van der Waals surface area contributed by atoms with Gasteiger partial charge in [-0.1, -0.05) is 31.0 Å². The molecule has 166 valence electrons. The summed E-state index contributed by atoms with van der Waals surface area (Å²) in [5.41, 5.74) is -0.184. The van der Waals surface area contributed by atoms with Crippen molar-refractivity contribution in [1.29, 1.82) is 0 Å². The molecule has 1 aromatic carbocycles. The Balaban J connectivity index is 1.24. The predicted octanol–water partition coefficient (Wildman–Crippen LogP) is 2.62. The Morgan fingerprint density at radius 1 is 0.903 bits per heavy atom. The van der Waals surface area contributed by atoms with Gasteiger partial charge in [0.25, 0.3) is 11.8 Å². The molecule has 31 heavy (non-hydrogen) atoms. The maximum absolute atomic E-state index is 13.5. The number of amides is 4. The van der Waals surface area contributed by atoms with Crippen molar-refractivity contribution in [2.45, 2.75) is 69.0 Å². The average molecular weight is 425 g/mol. The zero-order chi connectivity index (χ0) is 21.4. The van der Waals surface area contributed by atoms with Gasteiger partial charge in [0.15, 0.2) is 0 Å². The standard InChI is InChI=1S/C24H32N4O3/c29-21(18-7-2-1-3-8-18)26-15-12-24(13-16-26)22(30)28(23(31)25-24)20-11-6-14-27(17-20)19-9-4-5-10-19/h1-3,7-8,19-20H,4-6,9-17H2,(H,25,31)/t20-/m1/s1. The van der Waals surface area contributed by atoms with Crippen LogP contribution in [0.25, 0.3) is 0 Å². The first-order valence-electron chi connectivity index (χ1n) is 11.8. The topological polar surface area (TPSA) is 73.0 Å². The second-order valence-electron chi connectivity index (χ2n) is 9.57. The van der Waals surface area contributed by atoms with Gasteiger partial charge in [0.2, 0.25) is 0 Å². The molecule has 3 heterocycles. The third-order valence-corrected chi connectivity index (χ3v) is 7.75. The van der Waals surface area contributed by atoms with Gasteiger partial charge in [-0.25, -0.2) is 4.79 Å². The zero-order valence-corrected chi connectivity index (χ0v) is 18.1. The summed E-state index contributed by atoms with van der Waals surface area (Å²) in [6.45, 7) is 2.84. The molecule has 4 fully saturated rings. The third kappa shape index (κ3) is 3.73. The van der Waals surface area contributed by atoms with E-state index in [1.165, 1.54) is 30.6 Å². The molecule has 5 rings (SSSR count). The van der Waals surface area contributed by atoms with Crippen molar-refractivity contribution in [3.8, 4) is 0 Å². The van der Waals surface area contributed by atoms with Crippen molar-refractivity contribution in [3.05, 3.63) is 35.9 Å². The molecule has 3 aliphatic heterocycles. The minimum Gasteiger partial charge on any atom is -0.338 e. The van der Waals surface area contributed by atoms with E-state index < -0.39 is 5.54 Å². The van der Waals surface area contributed by atoms with E-state index in [9.17, 15) is 14.4 Å². The summed E-state index contributed by atoms with van der Waals surface area (Å²) >= 11 is 0. The molecule has 1 N–H and O–H groups in total. The van der Waals surface area contributed by atoms with E-state index in [2.05, 4.69) is 10.2 Å². The lowest BCUT2D eigenvalue weighted by Gasteiger charge is -2.40. The number of hydrogen-bond donors (Lipinski definition) is 1. The lowest BCUT2D eigenvalue weighted by molar-refractivity contribution is -0.135. The Bertz CT molecular complexity index is 844. The number of carbonyl (C=O) groups excluding carboxylic acids is 3. The van der Waals surface area contributed by atoms with Crippen molar-refractivity contribution >= 4 is 17.8 Å². The van der Waals surface area contributed by atoms with Gasteiger partial charge < -0.3 is 10.2 Å². The fourth-order valence-corrected chi connectivity index (χ4v) is 5.96. The first-order valence-corrected chi connectivity index (χ1v) is 11.8. The van der Waals surface area contributed by atoms with Crippen LogP contribution < -0.4 is 5.32 Å². The van der Waals surface area contributed by atoms with Crippen LogP contribution in [-0.2, 0) is 4.79 Å². The van der Waals surface area contributed by atoms with Gasteiger partial charge in [0.1, 0.15) is 5.54 Å². The van der Waals surface area contributed by atoms with Crippen LogP contribution in [0.3, 0.4) is 0 Å². The van der Waals surface area contributed by atoms with Crippen LogP contribution in [0.15, 0.2) is 30.3 Å². The SMILES string of the molecule is O=C(c1ccccc1)N1CCC2(CC1)NC(=O)N([C@@H]1CCCN(C3CCCC3)C1)C2=O. The van der Waals surface area contributed by atoms with E-state index in [4.69, 9.17) is 0 Å². The van der Waals surface area contributed by atoms with E-state index in [0.29, 0.717) is 37.5 Å². The van der Waals surface area contributed by atoms with Crippen molar-refractivity contribution < 1.29 is 14.4 Å². The summed E-state index contributed by atoms with van der Waals surface area (Å²) in [5.74, 6) is -0.0915. The highest BCUT2D eigenvalue weighted by Crippen LogP contribution is 2.34. The molecule has 4 aliphatic rings. The minimum atomic E-state index is -0.847. The van der Waals surface area contributed by atoms with Gasteiger partial charge >= 0.3 is 6.03 Å². The molecule has 4 amide bonds. The highest BCUT2D eigenvalue weighted by molar-refractivity contribution is 6.07. The molecule has 1 saturated carbocycles. The molecule has 1 aromatic rings. The van der Waals surface area contributed by atoms with Crippen LogP contribution in [-0.4, -0.2) is 76.3 Å². The van der Waals surface area contributed by atoms with Gasteiger partial charge in [-0.15, -0.1) is 0 Å². The molecule has 1 atom stereocenters. The van der Waals surface area contributed by atoms with E-state index in [1.54, 1.807) is 4.90 Å². The van der Waals surface area contributed by atoms with E-state index in [0.717, 1.165) is 25.9 Å². The van der Waals surface area contributed by atoms with Gasteiger partial charge in [-0.05, 0) is 57.2 Å². The number of nitrogens with zero attached hydrogens (tertiary/aromatic N) is 3. The number of piperidine rings is 2. The van der Waals surface area contributed by atoms with Crippen molar-refractivity contribution in [3.63, 3.8) is 0 Å². The summed E-state index contributed by atoms with van der Waals surface area (Å²) in [5, 5.41) is 3.03. The first-order chi connectivity index (χ1) is 15.1. The number of urea groups is 1. The number of rotatable bonds is 3. The van der Waals surface area contributed by atoms with Gasteiger partial charge in [-0.2, -0.15) is 0 Å². The van der Waals surface area contributed by atoms with Crippen LogP contribution in [0.5, 0.6) is 0 Å². The normalized spacial score (nSPS) is 27.2. The monoisotopic (exact) mass is 424 g/mol. The Labute approximate surface area is 183 Å². The Hall–Kier alpha value is -2.41. The minimum absolute atomic E-state index is 0.0106. The van der Waals surface area contributed by atoms with Gasteiger partial charge in [-0.3, -0.25) is 19.4 Å². The highest BCUT2D eigenvalue weighted by atomic mass is 16.2. The Morgan fingerprint density at radius 3 is 2.29 bits per heavy atom. The lowest BCUT2D eigenvalue weighted by atomic mass is 9.86. The van der Waals surface area contributed by atoms with Crippen LogP contribution in [0.2, 0.25) is 0 Å². The summed E-state index contributed by atoms with van der Waals surface area (Å²) in [6, 6.07) is 9.57. The Morgan fingerprint density at radius 2 is 1.58 bits per heavy atom. The molecule has 7 heteroatoms. The molecule has 1 spiro atoms. The lowest BCUT2D eigenvalue weighted by Crippen LogP contribution is -2.57. The number of benzene rings is 1. The van der Waals surface area contributed by atoms with Gasteiger partial charge in [0, 0.05) is 31.2 Å². The summed E-state index contributed by atoms with van der Waals surface area (Å²) < 4.78 is 0. The largest absolute Gasteiger partial charge is 0.338 e. The van der Waals surface area contributed by atoms with Crippen LogP contribution >= 0.6 is 0 Å². The van der Waals surface area contributed by atoms with Crippen molar-refractivity contribution in [2.24, 2.45) is 0 Å². The molecule has 0 unspecified atom stereocenters. The van der Waals surface area contributed by atoms with E-state index >= 15 is 0 Å². The highest BCUT2D eigenvalue weighted by Gasteiger charge is 2.55. The molecule has 3 saturated heterocycles. The predicted molar refractivity (Wildman–Crippen MR) is 117 cm³/mol. The van der Waals surface area contributed by atoms with E-state index in [1.807, 2.05) is 30.3 Å².